The van der Waals surface area contributed by atoms with Crippen molar-refractivity contribution in [2.45, 2.75) is 6.10 Å². The Balaban J connectivity index is 2.09. The lowest BCUT2D eigenvalue weighted by Gasteiger charge is -2.31. The SMILES string of the molecule is N/C(=N/O)C1CN(C(=O)c2ccc(F)cn2)CCO1. The van der Waals surface area contributed by atoms with Crippen LogP contribution in [0.15, 0.2) is 23.5 Å². The Labute approximate surface area is 108 Å². The Morgan fingerprint density at radius 2 is 2.42 bits per heavy atom. The molecule has 1 saturated heterocycles. The first-order valence-corrected chi connectivity index (χ1v) is 5.61. The third-order valence-electron chi connectivity index (χ3n) is 2.75. The van der Waals surface area contributed by atoms with Gasteiger partial charge in [0.25, 0.3) is 5.91 Å². The molecular formula is C11H13FN4O3. The van der Waals surface area contributed by atoms with Crippen LogP contribution in [-0.4, -0.2) is 52.6 Å². The van der Waals surface area contributed by atoms with Gasteiger partial charge in [-0.05, 0) is 12.1 Å². The second-order valence-electron chi connectivity index (χ2n) is 4.00. The van der Waals surface area contributed by atoms with Crippen LogP contribution in [0.2, 0.25) is 0 Å². The van der Waals surface area contributed by atoms with Crippen LogP contribution < -0.4 is 5.73 Å². The van der Waals surface area contributed by atoms with Crippen molar-refractivity contribution >= 4 is 11.7 Å². The van der Waals surface area contributed by atoms with Crippen molar-refractivity contribution in [2.75, 3.05) is 19.7 Å². The van der Waals surface area contributed by atoms with Crippen LogP contribution in [-0.2, 0) is 4.74 Å². The second kappa shape index (κ2) is 5.61. The highest BCUT2D eigenvalue weighted by Gasteiger charge is 2.28. The van der Waals surface area contributed by atoms with E-state index in [2.05, 4.69) is 10.1 Å². The van der Waals surface area contributed by atoms with Gasteiger partial charge in [0.05, 0.1) is 19.3 Å². The van der Waals surface area contributed by atoms with E-state index < -0.39 is 11.9 Å². The van der Waals surface area contributed by atoms with Gasteiger partial charge in [-0.25, -0.2) is 9.37 Å². The molecule has 7 nitrogen and oxygen atoms in total. The van der Waals surface area contributed by atoms with Gasteiger partial charge in [-0.1, -0.05) is 5.16 Å². The molecule has 8 heteroatoms. The molecule has 0 bridgehead atoms. The zero-order valence-electron chi connectivity index (χ0n) is 9.99. The zero-order chi connectivity index (χ0) is 13.8. The van der Waals surface area contributed by atoms with Crippen LogP contribution in [0.25, 0.3) is 0 Å². The maximum Gasteiger partial charge on any atom is 0.272 e. The van der Waals surface area contributed by atoms with Gasteiger partial charge in [-0.2, -0.15) is 0 Å². The average Bonchev–Trinajstić information content (AvgIpc) is 2.46. The summed E-state index contributed by atoms with van der Waals surface area (Å²) in [6.45, 7) is 0.800. The summed E-state index contributed by atoms with van der Waals surface area (Å²) in [6.07, 6.45) is 0.331. The van der Waals surface area contributed by atoms with Gasteiger partial charge in [0.1, 0.15) is 17.6 Å². The number of carbonyl (C=O) groups excluding carboxylic acids is 1. The number of pyridine rings is 1. The minimum absolute atomic E-state index is 0.0930. The van der Waals surface area contributed by atoms with Crippen LogP contribution in [0.5, 0.6) is 0 Å². The molecule has 0 saturated carbocycles. The molecule has 1 aromatic rings. The molecular weight excluding hydrogens is 255 g/mol. The maximum atomic E-state index is 12.7. The van der Waals surface area contributed by atoms with Crippen molar-refractivity contribution in [3.63, 3.8) is 0 Å². The number of hydrogen-bond donors (Lipinski definition) is 2. The predicted molar refractivity (Wildman–Crippen MR) is 63.2 cm³/mol. The van der Waals surface area contributed by atoms with E-state index in [9.17, 15) is 9.18 Å². The smallest absolute Gasteiger partial charge is 0.272 e. The van der Waals surface area contributed by atoms with Crippen LogP contribution >= 0.6 is 0 Å². The standard InChI is InChI=1S/C11H13FN4O3/c12-7-1-2-8(14-5-7)11(17)16-3-4-19-9(6-16)10(13)15-18/h1-2,5,9,18H,3-4,6H2,(H2,13,15). The van der Waals surface area contributed by atoms with E-state index in [4.69, 9.17) is 15.7 Å². The van der Waals surface area contributed by atoms with Gasteiger partial charge in [-0.15, -0.1) is 0 Å². The maximum absolute atomic E-state index is 12.7. The second-order valence-corrected chi connectivity index (χ2v) is 4.00. The highest BCUT2D eigenvalue weighted by molar-refractivity contribution is 5.93. The van der Waals surface area contributed by atoms with Gasteiger partial charge >= 0.3 is 0 Å². The average molecular weight is 268 g/mol. The third kappa shape index (κ3) is 2.97. The number of nitrogens with two attached hydrogens (primary N) is 1. The summed E-state index contributed by atoms with van der Waals surface area (Å²) in [5.74, 6) is -0.948. The van der Waals surface area contributed by atoms with Crippen molar-refractivity contribution < 1.29 is 19.1 Å². The fraction of sp³-hybridized carbons (Fsp3) is 0.364. The van der Waals surface area contributed by atoms with E-state index in [1.54, 1.807) is 0 Å². The van der Waals surface area contributed by atoms with Gasteiger partial charge in [0, 0.05) is 6.54 Å². The van der Waals surface area contributed by atoms with E-state index in [1.165, 1.54) is 17.0 Å². The number of ether oxygens (including phenoxy) is 1. The molecule has 19 heavy (non-hydrogen) atoms. The fourth-order valence-corrected chi connectivity index (χ4v) is 1.74. The largest absolute Gasteiger partial charge is 0.409 e. The Morgan fingerprint density at radius 1 is 1.63 bits per heavy atom. The Morgan fingerprint density at radius 3 is 3.05 bits per heavy atom. The molecule has 1 fully saturated rings. The summed E-state index contributed by atoms with van der Waals surface area (Å²) < 4.78 is 18.0. The van der Waals surface area contributed by atoms with Crippen molar-refractivity contribution in [2.24, 2.45) is 10.9 Å². The van der Waals surface area contributed by atoms with E-state index in [0.29, 0.717) is 6.54 Å². The summed E-state index contributed by atoms with van der Waals surface area (Å²) in [6, 6.07) is 2.48. The lowest BCUT2D eigenvalue weighted by molar-refractivity contribution is 0.00647. The first-order valence-electron chi connectivity index (χ1n) is 5.61. The van der Waals surface area contributed by atoms with Crippen molar-refractivity contribution in [3.8, 4) is 0 Å². The molecule has 0 aliphatic carbocycles. The summed E-state index contributed by atoms with van der Waals surface area (Å²) in [7, 11) is 0. The zero-order valence-corrected chi connectivity index (χ0v) is 9.99. The van der Waals surface area contributed by atoms with E-state index in [-0.39, 0.29) is 30.6 Å². The van der Waals surface area contributed by atoms with Gasteiger partial charge in [0.15, 0.2) is 5.84 Å². The fourth-order valence-electron chi connectivity index (χ4n) is 1.74. The number of amidine groups is 1. The van der Waals surface area contributed by atoms with Crippen molar-refractivity contribution in [1.29, 1.82) is 0 Å². The van der Waals surface area contributed by atoms with Crippen LogP contribution in [0, 0.1) is 5.82 Å². The van der Waals surface area contributed by atoms with Crippen molar-refractivity contribution in [3.05, 3.63) is 29.8 Å². The van der Waals surface area contributed by atoms with E-state index >= 15 is 0 Å². The number of rotatable bonds is 2. The number of hydrogen-bond acceptors (Lipinski definition) is 5. The van der Waals surface area contributed by atoms with Crippen LogP contribution in [0.1, 0.15) is 10.5 Å². The number of aromatic nitrogens is 1. The number of nitrogens with zero attached hydrogens (tertiary/aromatic N) is 3. The quantitative estimate of drug-likeness (QED) is 0.335. The third-order valence-corrected chi connectivity index (χ3v) is 2.75. The monoisotopic (exact) mass is 268 g/mol. The summed E-state index contributed by atoms with van der Waals surface area (Å²) >= 11 is 0. The molecule has 1 aromatic heterocycles. The highest BCUT2D eigenvalue weighted by Crippen LogP contribution is 2.10. The molecule has 102 valence electrons. The highest BCUT2D eigenvalue weighted by atomic mass is 19.1. The number of oxime groups is 1. The van der Waals surface area contributed by atoms with E-state index in [1.807, 2.05) is 0 Å². The summed E-state index contributed by atoms with van der Waals surface area (Å²) in [5, 5.41) is 11.4. The van der Waals surface area contributed by atoms with Gasteiger partial charge in [0.2, 0.25) is 0 Å². The number of morpholine rings is 1. The molecule has 2 rings (SSSR count). The predicted octanol–water partition coefficient (Wildman–Crippen LogP) is -0.192. The van der Waals surface area contributed by atoms with Crippen molar-refractivity contribution in [1.82, 2.24) is 9.88 Å². The molecule has 2 heterocycles. The molecule has 0 aromatic carbocycles. The molecule has 1 aliphatic heterocycles. The molecule has 1 amide bonds. The first kappa shape index (κ1) is 13.2. The van der Waals surface area contributed by atoms with Gasteiger partial charge < -0.3 is 20.6 Å². The molecule has 1 unspecified atom stereocenters. The summed E-state index contributed by atoms with van der Waals surface area (Å²) in [5.41, 5.74) is 5.58. The van der Waals surface area contributed by atoms with Gasteiger partial charge in [-0.3, -0.25) is 4.79 Å². The lowest BCUT2D eigenvalue weighted by Crippen LogP contribution is -2.50. The Bertz CT molecular complexity index is 491. The van der Waals surface area contributed by atoms with Crippen LogP contribution in [0.3, 0.4) is 0 Å². The normalized spacial score (nSPS) is 20.4. The summed E-state index contributed by atoms with van der Waals surface area (Å²) in [4.78, 5) is 17.3. The molecule has 1 atom stereocenters. The first-order chi connectivity index (χ1) is 9.11. The van der Waals surface area contributed by atoms with Crippen LogP contribution in [0.4, 0.5) is 4.39 Å². The minimum atomic E-state index is -0.650. The Hall–Kier alpha value is -2.22. The molecule has 1 aliphatic rings. The lowest BCUT2D eigenvalue weighted by atomic mass is 10.2. The number of halogens is 1. The molecule has 3 N–H and O–H groups in total. The number of amides is 1. The minimum Gasteiger partial charge on any atom is -0.409 e. The topological polar surface area (TPSA) is 101 Å². The van der Waals surface area contributed by atoms with E-state index in [0.717, 1.165) is 6.20 Å². The Kier molecular flexibility index (Phi) is 3.91. The molecule has 0 spiro atoms. The molecule has 0 radical (unpaired) electrons. The number of carbonyl (C=O) groups is 1.